The molecule has 0 saturated carbocycles. The molecule has 5 rings (SSSR count). The minimum Gasteiger partial charge on any atom is -0.507 e. The smallest absolute Gasteiger partial charge is 0.273 e. The summed E-state index contributed by atoms with van der Waals surface area (Å²) in [6.07, 6.45) is 0.640. The lowest BCUT2D eigenvalue weighted by molar-refractivity contribution is 0.0744. The summed E-state index contributed by atoms with van der Waals surface area (Å²) in [5, 5.41) is 17.5. The minimum absolute atomic E-state index is 0.0549. The Kier molecular flexibility index (Phi) is 4.75. The molecule has 154 valence electrons. The van der Waals surface area contributed by atoms with Crippen molar-refractivity contribution in [1.82, 2.24) is 15.1 Å². The van der Waals surface area contributed by atoms with E-state index in [0.29, 0.717) is 41.0 Å². The van der Waals surface area contributed by atoms with Gasteiger partial charge in [-0.15, -0.1) is 0 Å². The molecule has 5 nitrogen and oxygen atoms in total. The number of H-pyrrole nitrogens is 1. The second-order valence-corrected chi connectivity index (χ2v) is 7.54. The molecule has 0 bridgehead atoms. The van der Waals surface area contributed by atoms with E-state index in [0.717, 1.165) is 5.56 Å². The molecule has 0 saturated heterocycles. The van der Waals surface area contributed by atoms with Crippen molar-refractivity contribution in [2.45, 2.75) is 12.5 Å². The van der Waals surface area contributed by atoms with Gasteiger partial charge < -0.3 is 10.0 Å². The third kappa shape index (κ3) is 3.26. The molecule has 6 heteroatoms. The average molecular weight is 413 g/mol. The largest absolute Gasteiger partial charge is 0.507 e. The number of aromatic hydroxyl groups is 1. The zero-order valence-corrected chi connectivity index (χ0v) is 16.6. The van der Waals surface area contributed by atoms with Crippen molar-refractivity contribution in [3.8, 4) is 17.0 Å². The molecular weight excluding hydrogens is 393 g/mol. The van der Waals surface area contributed by atoms with E-state index in [9.17, 15) is 14.3 Å². The van der Waals surface area contributed by atoms with Crippen LogP contribution in [0, 0.1) is 5.82 Å². The number of halogens is 1. The molecule has 1 aliphatic rings. The van der Waals surface area contributed by atoms with Gasteiger partial charge >= 0.3 is 0 Å². The Bertz CT molecular complexity index is 1250. The number of carbonyl (C=O) groups is 1. The lowest BCUT2D eigenvalue weighted by Crippen LogP contribution is -2.32. The molecule has 4 aromatic rings. The Balaban J connectivity index is 1.62. The predicted molar refractivity (Wildman–Crippen MR) is 115 cm³/mol. The van der Waals surface area contributed by atoms with Crippen molar-refractivity contribution in [3.63, 3.8) is 0 Å². The first kappa shape index (κ1) is 19.1. The van der Waals surface area contributed by atoms with Crippen LogP contribution in [0.3, 0.4) is 0 Å². The van der Waals surface area contributed by atoms with Gasteiger partial charge in [0, 0.05) is 23.2 Å². The summed E-state index contributed by atoms with van der Waals surface area (Å²) < 4.78 is 14.9. The number of fused-ring (bicyclic) bond motifs is 1. The van der Waals surface area contributed by atoms with Crippen LogP contribution < -0.4 is 0 Å². The van der Waals surface area contributed by atoms with Crippen molar-refractivity contribution >= 4 is 5.91 Å². The van der Waals surface area contributed by atoms with Crippen molar-refractivity contribution in [3.05, 3.63) is 107 Å². The summed E-state index contributed by atoms with van der Waals surface area (Å²) in [5.41, 5.74) is 3.37. The van der Waals surface area contributed by atoms with Crippen LogP contribution in [0.25, 0.3) is 11.3 Å². The summed E-state index contributed by atoms with van der Waals surface area (Å²) in [4.78, 5) is 15.0. The number of para-hydroxylation sites is 1. The molecule has 0 radical (unpaired) electrons. The summed E-state index contributed by atoms with van der Waals surface area (Å²) in [6.45, 7) is 0.421. The summed E-state index contributed by atoms with van der Waals surface area (Å²) >= 11 is 0. The zero-order valence-electron chi connectivity index (χ0n) is 16.6. The first-order valence-corrected chi connectivity index (χ1v) is 10.1. The number of nitrogens with zero attached hydrogens (tertiary/aromatic N) is 2. The third-order valence-electron chi connectivity index (χ3n) is 5.71. The highest BCUT2D eigenvalue weighted by molar-refractivity contribution is 6.00. The van der Waals surface area contributed by atoms with E-state index in [-0.39, 0.29) is 17.5 Å². The number of aromatic amines is 1. The number of amides is 1. The lowest BCUT2D eigenvalue weighted by Gasteiger charge is -2.26. The van der Waals surface area contributed by atoms with Gasteiger partial charge in [0.1, 0.15) is 23.0 Å². The topological polar surface area (TPSA) is 69.2 Å². The van der Waals surface area contributed by atoms with E-state index < -0.39 is 6.04 Å². The maximum atomic E-state index is 14.9. The van der Waals surface area contributed by atoms with E-state index in [1.807, 2.05) is 30.3 Å². The fraction of sp³-hybridized carbons (Fsp3) is 0.120. The highest BCUT2D eigenvalue weighted by Crippen LogP contribution is 2.44. The highest BCUT2D eigenvalue weighted by atomic mass is 19.1. The van der Waals surface area contributed by atoms with Crippen LogP contribution in [0.1, 0.15) is 33.2 Å². The Morgan fingerprint density at radius 1 is 0.968 bits per heavy atom. The van der Waals surface area contributed by atoms with Gasteiger partial charge in [0.25, 0.3) is 5.91 Å². The number of aromatic nitrogens is 2. The average Bonchev–Trinajstić information content (AvgIpc) is 3.33. The number of rotatable bonds is 5. The first-order chi connectivity index (χ1) is 15.1. The van der Waals surface area contributed by atoms with Crippen molar-refractivity contribution in [2.75, 3.05) is 6.54 Å². The lowest BCUT2D eigenvalue weighted by atomic mass is 9.95. The van der Waals surface area contributed by atoms with E-state index in [4.69, 9.17) is 0 Å². The minimum atomic E-state index is -0.638. The van der Waals surface area contributed by atoms with E-state index in [1.165, 1.54) is 6.07 Å². The van der Waals surface area contributed by atoms with Crippen molar-refractivity contribution in [2.24, 2.45) is 0 Å². The maximum absolute atomic E-state index is 14.9. The van der Waals surface area contributed by atoms with Crippen LogP contribution in [0.4, 0.5) is 4.39 Å². The molecule has 0 fully saturated rings. The zero-order chi connectivity index (χ0) is 21.4. The normalized spacial score (nSPS) is 15.3. The standard InChI is InChI=1S/C25H20FN3O2/c26-19-12-6-4-10-17(19)24-21-22(18-11-5-7-13-20(18)30)27-28-23(21)25(31)29(24)15-14-16-8-2-1-3-9-16/h1-13,24,30H,14-15H2,(H,27,28)/t24-/m1/s1. The van der Waals surface area contributed by atoms with Crippen LogP contribution in [-0.4, -0.2) is 32.7 Å². The van der Waals surface area contributed by atoms with Gasteiger partial charge in [0.15, 0.2) is 0 Å². The first-order valence-electron chi connectivity index (χ1n) is 10.1. The summed E-state index contributed by atoms with van der Waals surface area (Å²) in [5.74, 6) is -0.560. The monoisotopic (exact) mass is 413 g/mol. The summed E-state index contributed by atoms with van der Waals surface area (Å²) in [7, 11) is 0. The Labute approximate surface area is 178 Å². The van der Waals surface area contributed by atoms with Gasteiger partial charge in [0.2, 0.25) is 0 Å². The van der Waals surface area contributed by atoms with Crippen molar-refractivity contribution < 1.29 is 14.3 Å². The SMILES string of the molecule is O=C1c2[nH]nc(-c3ccccc3O)c2[C@@H](c2ccccc2F)N1CCc1ccccc1. The number of hydrogen-bond acceptors (Lipinski definition) is 3. The maximum Gasteiger partial charge on any atom is 0.273 e. The molecule has 2 heterocycles. The molecule has 1 amide bonds. The fourth-order valence-electron chi connectivity index (χ4n) is 4.22. The van der Waals surface area contributed by atoms with Crippen LogP contribution in [0.15, 0.2) is 78.9 Å². The number of phenolic OH excluding ortho intramolecular Hbond substituents is 1. The second-order valence-electron chi connectivity index (χ2n) is 7.54. The van der Waals surface area contributed by atoms with E-state index >= 15 is 0 Å². The Morgan fingerprint density at radius 3 is 2.45 bits per heavy atom. The number of hydrogen-bond donors (Lipinski definition) is 2. The quantitative estimate of drug-likeness (QED) is 0.498. The van der Waals surface area contributed by atoms with Gasteiger partial charge in [-0.1, -0.05) is 60.7 Å². The molecule has 2 N–H and O–H groups in total. The highest BCUT2D eigenvalue weighted by Gasteiger charge is 2.43. The molecule has 0 spiro atoms. The van der Waals surface area contributed by atoms with Gasteiger partial charge in [-0.05, 0) is 30.2 Å². The van der Waals surface area contributed by atoms with Gasteiger partial charge in [-0.2, -0.15) is 5.10 Å². The molecule has 1 atom stereocenters. The molecule has 31 heavy (non-hydrogen) atoms. The number of carbonyl (C=O) groups excluding carboxylic acids is 1. The number of benzene rings is 3. The Hall–Kier alpha value is -3.93. The third-order valence-corrected chi connectivity index (χ3v) is 5.71. The molecule has 0 unspecified atom stereocenters. The van der Waals surface area contributed by atoms with Crippen molar-refractivity contribution in [1.29, 1.82) is 0 Å². The van der Waals surface area contributed by atoms with Crippen LogP contribution in [-0.2, 0) is 6.42 Å². The van der Waals surface area contributed by atoms with Gasteiger partial charge in [-0.25, -0.2) is 4.39 Å². The Morgan fingerprint density at radius 2 is 1.68 bits per heavy atom. The second kappa shape index (κ2) is 7.72. The van der Waals surface area contributed by atoms with Crippen LogP contribution in [0.5, 0.6) is 5.75 Å². The molecule has 0 aliphatic carbocycles. The van der Waals surface area contributed by atoms with Crippen LogP contribution >= 0.6 is 0 Å². The molecular formula is C25H20FN3O2. The molecule has 1 aliphatic heterocycles. The van der Waals surface area contributed by atoms with Gasteiger partial charge in [-0.3, -0.25) is 9.89 Å². The molecule has 1 aromatic heterocycles. The number of phenols is 1. The van der Waals surface area contributed by atoms with E-state index in [1.54, 1.807) is 47.4 Å². The predicted octanol–water partition coefficient (Wildman–Crippen LogP) is 4.71. The molecule has 3 aromatic carbocycles. The van der Waals surface area contributed by atoms with E-state index in [2.05, 4.69) is 10.2 Å². The van der Waals surface area contributed by atoms with Crippen LogP contribution in [0.2, 0.25) is 0 Å². The van der Waals surface area contributed by atoms with Gasteiger partial charge in [0.05, 0.1) is 6.04 Å². The number of nitrogens with one attached hydrogen (secondary N) is 1. The fourth-order valence-corrected chi connectivity index (χ4v) is 4.22. The summed E-state index contributed by atoms with van der Waals surface area (Å²) in [6, 6.07) is 22.5.